The molecule has 2 aliphatic heterocycles. The van der Waals surface area contributed by atoms with Crippen molar-refractivity contribution in [3.05, 3.63) is 57.8 Å². The SMILES string of the molecule is O=C(C[C@H]1CC2(CCN(C(=O)c3ccsc3)CC2)c2ccccc21)N1CCOCC1. The van der Waals surface area contributed by atoms with E-state index in [4.69, 9.17) is 4.74 Å². The smallest absolute Gasteiger partial charge is 0.254 e. The molecule has 1 spiro atoms. The first-order chi connectivity index (χ1) is 14.7. The maximum Gasteiger partial charge on any atom is 0.254 e. The minimum Gasteiger partial charge on any atom is -0.378 e. The zero-order chi connectivity index (χ0) is 20.6. The van der Waals surface area contributed by atoms with E-state index in [2.05, 4.69) is 24.3 Å². The van der Waals surface area contributed by atoms with Gasteiger partial charge in [0.15, 0.2) is 0 Å². The number of piperidine rings is 1. The molecule has 1 aromatic heterocycles. The summed E-state index contributed by atoms with van der Waals surface area (Å²) in [5, 5.41) is 3.90. The summed E-state index contributed by atoms with van der Waals surface area (Å²) in [5.74, 6) is 0.673. The second-order valence-corrected chi connectivity index (χ2v) is 9.55. The van der Waals surface area contributed by atoms with Crippen molar-refractivity contribution < 1.29 is 14.3 Å². The van der Waals surface area contributed by atoms with Gasteiger partial charge in [-0.25, -0.2) is 0 Å². The molecule has 5 rings (SSSR count). The maximum atomic E-state index is 12.9. The Morgan fingerprint density at radius 2 is 1.80 bits per heavy atom. The number of amides is 2. The molecule has 3 heterocycles. The third-order valence-corrected chi connectivity index (χ3v) is 7.85. The standard InChI is InChI=1S/C24H28N2O3S/c27-22(25-10-12-29-13-11-25)15-19-16-24(21-4-2-1-3-20(19)21)6-8-26(9-7-24)23(28)18-5-14-30-17-18/h1-5,14,17,19H,6-13,15-16H2/t19-/m0/s1. The van der Waals surface area contributed by atoms with Gasteiger partial charge in [0.05, 0.1) is 18.8 Å². The van der Waals surface area contributed by atoms with Crippen molar-refractivity contribution in [3.63, 3.8) is 0 Å². The fraction of sp³-hybridized carbons (Fsp3) is 0.500. The number of thiophene rings is 1. The van der Waals surface area contributed by atoms with Crippen LogP contribution in [-0.2, 0) is 14.9 Å². The summed E-state index contributed by atoms with van der Waals surface area (Å²) in [7, 11) is 0. The lowest BCUT2D eigenvalue weighted by Gasteiger charge is -2.40. The quantitative estimate of drug-likeness (QED) is 0.756. The fourth-order valence-corrected chi connectivity index (χ4v) is 6.17. The number of hydrogen-bond acceptors (Lipinski definition) is 4. The molecule has 0 saturated carbocycles. The highest BCUT2D eigenvalue weighted by atomic mass is 32.1. The molecule has 1 aromatic carbocycles. The molecular weight excluding hydrogens is 396 g/mol. The van der Waals surface area contributed by atoms with Crippen LogP contribution in [0.3, 0.4) is 0 Å². The van der Waals surface area contributed by atoms with Gasteiger partial charge in [-0.1, -0.05) is 24.3 Å². The first kappa shape index (κ1) is 19.8. The number of likely N-dealkylation sites (tertiary alicyclic amines) is 1. The van der Waals surface area contributed by atoms with Crippen LogP contribution in [0.15, 0.2) is 41.1 Å². The Morgan fingerprint density at radius 3 is 2.53 bits per heavy atom. The third kappa shape index (κ3) is 3.56. The molecule has 6 heteroatoms. The van der Waals surface area contributed by atoms with Crippen molar-refractivity contribution >= 4 is 23.2 Å². The molecule has 3 aliphatic rings. The highest BCUT2D eigenvalue weighted by molar-refractivity contribution is 7.08. The van der Waals surface area contributed by atoms with E-state index in [0.29, 0.717) is 32.7 Å². The van der Waals surface area contributed by atoms with Gasteiger partial charge < -0.3 is 14.5 Å². The second kappa shape index (κ2) is 8.16. The van der Waals surface area contributed by atoms with Gasteiger partial charge in [-0.05, 0) is 53.2 Å². The van der Waals surface area contributed by atoms with E-state index in [0.717, 1.165) is 37.9 Å². The van der Waals surface area contributed by atoms with Crippen LogP contribution in [0.25, 0.3) is 0 Å². The van der Waals surface area contributed by atoms with Gasteiger partial charge in [-0.3, -0.25) is 9.59 Å². The predicted octanol–water partition coefficient (Wildman–Crippen LogP) is 3.66. The number of hydrogen-bond donors (Lipinski definition) is 0. The maximum absolute atomic E-state index is 12.9. The van der Waals surface area contributed by atoms with Crippen LogP contribution < -0.4 is 0 Å². The lowest BCUT2D eigenvalue weighted by Crippen LogP contribution is -2.44. The van der Waals surface area contributed by atoms with Crippen molar-refractivity contribution in [1.29, 1.82) is 0 Å². The van der Waals surface area contributed by atoms with Crippen LogP contribution >= 0.6 is 11.3 Å². The first-order valence-corrected chi connectivity index (χ1v) is 11.9. The Morgan fingerprint density at radius 1 is 1.03 bits per heavy atom. The van der Waals surface area contributed by atoms with E-state index in [1.54, 1.807) is 11.3 Å². The highest BCUT2D eigenvalue weighted by Crippen LogP contribution is 2.52. The van der Waals surface area contributed by atoms with Gasteiger partial charge >= 0.3 is 0 Å². The normalized spacial score (nSPS) is 22.9. The molecule has 0 N–H and O–H groups in total. The lowest BCUT2D eigenvalue weighted by atomic mass is 9.73. The zero-order valence-electron chi connectivity index (χ0n) is 17.2. The first-order valence-electron chi connectivity index (χ1n) is 10.9. The zero-order valence-corrected chi connectivity index (χ0v) is 18.0. The Kier molecular flexibility index (Phi) is 5.37. The summed E-state index contributed by atoms with van der Waals surface area (Å²) in [5.41, 5.74) is 3.65. The van der Waals surface area contributed by atoms with Gasteiger partial charge in [0.2, 0.25) is 5.91 Å². The van der Waals surface area contributed by atoms with Crippen molar-refractivity contribution in [3.8, 4) is 0 Å². The van der Waals surface area contributed by atoms with E-state index in [-0.39, 0.29) is 23.1 Å². The molecule has 30 heavy (non-hydrogen) atoms. The van der Waals surface area contributed by atoms with E-state index in [1.807, 2.05) is 26.6 Å². The van der Waals surface area contributed by atoms with E-state index >= 15 is 0 Å². The molecular formula is C24H28N2O3S. The predicted molar refractivity (Wildman–Crippen MR) is 117 cm³/mol. The topological polar surface area (TPSA) is 49.9 Å². The number of nitrogens with zero attached hydrogens (tertiary/aromatic N) is 2. The Hall–Kier alpha value is -2.18. The summed E-state index contributed by atoms with van der Waals surface area (Å²) < 4.78 is 5.40. The Labute approximate surface area is 181 Å². The van der Waals surface area contributed by atoms with Crippen molar-refractivity contribution in [2.24, 2.45) is 0 Å². The molecule has 1 atom stereocenters. The summed E-state index contributed by atoms with van der Waals surface area (Å²) in [6, 6.07) is 10.6. The van der Waals surface area contributed by atoms with Gasteiger partial charge in [-0.15, -0.1) is 0 Å². The van der Waals surface area contributed by atoms with Crippen molar-refractivity contribution in [1.82, 2.24) is 9.80 Å². The fourth-order valence-electron chi connectivity index (χ4n) is 5.54. The summed E-state index contributed by atoms with van der Waals surface area (Å²) in [4.78, 5) is 29.7. The minimum absolute atomic E-state index is 0.0952. The van der Waals surface area contributed by atoms with Gasteiger partial charge in [0, 0.05) is 38.0 Å². The number of benzene rings is 1. The molecule has 2 fully saturated rings. The Balaban J connectivity index is 1.31. The van der Waals surface area contributed by atoms with Gasteiger partial charge in [0.1, 0.15) is 0 Å². The van der Waals surface area contributed by atoms with E-state index < -0.39 is 0 Å². The molecule has 0 unspecified atom stereocenters. The third-order valence-electron chi connectivity index (χ3n) is 7.17. The van der Waals surface area contributed by atoms with Gasteiger partial charge in [0.25, 0.3) is 5.91 Å². The van der Waals surface area contributed by atoms with Crippen LogP contribution in [0.1, 0.15) is 53.1 Å². The molecule has 1 aliphatic carbocycles. The largest absolute Gasteiger partial charge is 0.378 e. The molecule has 158 valence electrons. The molecule has 2 saturated heterocycles. The van der Waals surface area contributed by atoms with E-state index in [1.165, 1.54) is 11.1 Å². The number of carbonyl (C=O) groups excluding carboxylic acids is 2. The molecule has 2 aromatic rings. The molecule has 0 radical (unpaired) electrons. The number of morpholine rings is 1. The number of ether oxygens (including phenoxy) is 1. The lowest BCUT2D eigenvalue weighted by molar-refractivity contribution is -0.135. The molecule has 2 amide bonds. The van der Waals surface area contributed by atoms with E-state index in [9.17, 15) is 9.59 Å². The average Bonchev–Trinajstić information content (AvgIpc) is 3.43. The van der Waals surface area contributed by atoms with Crippen LogP contribution in [0, 0.1) is 0 Å². The number of rotatable bonds is 3. The van der Waals surface area contributed by atoms with Crippen LogP contribution in [-0.4, -0.2) is 61.0 Å². The minimum atomic E-state index is 0.0952. The Bertz CT molecular complexity index is 912. The van der Waals surface area contributed by atoms with Gasteiger partial charge in [-0.2, -0.15) is 11.3 Å². The summed E-state index contributed by atoms with van der Waals surface area (Å²) in [6.45, 7) is 4.27. The molecule has 5 nitrogen and oxygen atoms in total. The van der Waals surface area contributed by atoms with Crippen molar-refractivity contribution in [2.45, 2.75) is 37.0 Å². The monoisotopic (exact) mass is 424 g/mol. The van der Waals surface area contributed by atoms with Crippen LogP contribution in [0.2, 0.25) is 0 Å². The van der Waals surface area contributed by atoms with Crippen LogP contribution in [0.4, 0.5) is 0 Å². The average molecular weight is 425 g/mol. The highest BCUT2D eigenvalue weighted by Gasteiger charge is 2.46. The van der Waals surface area contributed by atoms with Crippen molar-refractivity contribution in [2.75, 3.05) is 39.4 Å². The number of fused-ring (bicyclic) bond motifs is 2. The summed E-state index contributed by atoms with van der Waals surface area (Å²) in [6.07, 6.45) is 3.55. The van der Waals surface area contributed by atoms with Crippen LogP contribution in [0.5, 0.6) is 0 Å². The molecule has 0 bridgehead atoms. The number of carbonyl (C=O) groups is 2. The second-order valence-electron chi connectivity index (χ2n) is 8.77. The summed E-state index contributed by atoms with van der Waals surface area (Å²) >= 11 is 1.57.